The predicted molar refractivity (Wildman–Crippen MR) is 418 cm³/mol. The van der Waals surface area contributed by atoms with E-state index in [0.29, 0.717) is 25.7 Å². The van der Waals surface area contributed by atoms with E-state index in [2.05, 4.69) is 125 Å². The van der Waals surface area contributed by atoms with Crippen molar-refractivity contribution in [1.82, 2.24) is 0 Å². The van der Waals surface area contributed by atoms with Crippen molar-refractivity contribution in [2.75, 3.05) is 39.6 Å². The highest BCUT2D eigenvalue weighted by atomic mass is 31.2. The molecule has 0 aliphatic carbocycles. The number of unbranched alkanes of at least 4 members (excludes halogenated alkanes) is 34. The van der Waals surface area contributed by atoms with Crippen LogP contribution in [0.15, 0.2) is 97.2 Å². The number of rotatable bonds is 76. The van der Waals surface area contributed by atoms with Crippen LogP contribution in [-0.2, 0) is 65.4 Å². The highest BCUT2D eigenvalue weighted by Crippen LogP contribution is 2.45. The number of phosphoric acid groups is 2. The number of hydrogen-bond donors (Lipinski definition) is 3. The van der Waals surface area contributed by atoms with Crippen molar-refractivity contribution >= 4 is 39.5 Å². The first kappa shape index (κ1) is 98.0. The Morgan fingerprint density at radius 3 is 0.824 bits per heavy atom. The summed E-state index contributed by atoms with van der Waals surface area (Å²) in [6.45, 7) is 4.71. The molecule has 0 amide bonds. The molecule has 19 heteroatoms. The van der Waals surface area contributed by atoms with E-state index in [1.165, 1.54) is 83.5 Å². The van der Waals surface area contributed by atoms with Crippen LogP contribution < -0.4 is 0 Å². The van der Waals surface area contributed by atoms with Gasteiger partial charge in [0.25, 0.3) is 0 Å². The predicted octanol–water partition coefficient (Wildman–Crippen LogP) is 23.6. The van der Waals surface area contributed by atoms with Crippen molar-refractivity contribution < 1.29 is 80.2 Å². The van der Waals surface area contributed by atoms with Gasteiger partial charge in [0.1, 0.15) is 19.3 Å². The summed E-state index contributed by atoms with van der Waals surface area (Å²) in [4.78, 5) is 73.0. The van der Waals surface area contributed by atoms with Crippen LogP contribution in [0, 0.1) is 0 Å². The summed E-state index contributed by atoms with van der Waals surface area (Å²) < 4.78 is 68.6. The number of ether oxygens (including phenoxy) is 4. The largest absolute Gasteiger partial charge is 0.472 e. The molecule has 0 fully saturated rings. The molecule has 3 N–H and O–H groups in total. The van der Waals surface area contributed by atoms with Gasteiger partial charge >= 0.3 is 39.5 Å². The number of carbonyl (C=O) groups excluding carboxylic acids is 4. The fourth-order valence-electron chi connectivity index (χ4n) is 10.8. The Kier molecular flexibility index (Phi) is 72.3. The highest BCUT2D eigenvalue weighted by Gasteiger charge is 2.30. The Labute approximate surface area is 620 Å². The van der Waals surface area contributed by atoms with E-state index >= 15 is 0 Å². The van der Waals surface area contributed by atoms with Gasteiger partial charge in [-0.1, -0.05) is 273 Å². The lowest BCUT2D eigenvalue weighted by Crippen LogP contribution is -2.30. The molecule has 102 heavy (non-hydrogen) atoms. The Bertz CT molecular complexity index is 2310. The fourth-order valence-corrected chi connectivity index (χ4v) is 12.4. The number of aliphatic hydroxyl groups excluding tert-OH is 1. The van der Waals surface area contributed by atoms with Crippen molar-refractivity contribution in [2.45, 2.75) is 367 Å². The van der Waals surface area contributed by atoms with Gasteiger partial charge in [-0.2, -0.15) is 0 Å². The molecule has 0 aromatic carbocycles. The summed E-state index contributed by atoms with van der Waals surface area (Å²) in [5.74, 6) is -2.21. The van der Waals surface area contributed by atoms with Gasteiger partial charge in [0, 0.05) is 25.7 Å². The van der Waals surface area contributed by atoms with Crippen LogP contribution in [0.5, 0.6) is 0 Å². The minimum absolute atomic E-state index is 0.0814. The Morgan fingerprint density at radius 2 is 0.510 bits per heavy atom. The Morgan fingerprint density at radius 1 is 0.284 bits per heavy atom. The number of allylic oxidation sites excluding steroid dienone is 16. The molecular weight excluding hydrogens is 1330 g/mol. The van der Waals surface area contributed by atoms with Crippen LogP contribution in [0.4, 0.5) is 0 Å². The van der Waals surface area contributed by atoms with E-state index in [9.17, 15) is 43.2 Å². The first-order valence-corrected chi connectivity index (χ1v) is 43.5. The lowest BCUT2D eigenvalue weighted by atomic mass is 10.1. The molecule has 0 bridgehead atoms. The Balaban J connectivity index is 5.36. The van der Waals surface area contributed by atoms with Crippen molar-refractivity contribution in [3.05, 3.63) is 97.2 Å². The average molecular weight is 1480 g/mol. The molecule has 0 aliphatic rings. The second-order valence-corrected chi connectivity index (χ2v) is 29.9. The molecule has 0 aromatic rings. The summed E-state index contributed by atoms with van der Waals surface area (Å²) in [5.41, 5.74) is 0. The van der Waals surface area contributed by atoms with Crippen molar-refractivity contribution in [3.63, 3.8) is 0 Å². The maximum atomic E-state index is 13.1. The maximum absolute atomic E-state index is 13.1. The molecule has 17 nitrogen and oxygen atoms in total. The second-order valence-electron chi connectivity index (χ2n) is 27.0. The number of phosphoric ester groups is 2. The molecule has 0 spiro atoms. The smallest absolute Gasteiger partial charge is 0.462 e. The average Bonchev–Trinajstić information content (AvgIpc) is 0.908. The van der Waals surface area contributed by atoms with Crippen LogP contribution in [0.25, 0.3) is 0 Å². The quantitative estimate of drug-likeness (QED) is 0.0169. The third-order valence-electron chi connectivity index (χ3n) is 17.0. The number of aliphatic hydroxyl groups is 1. The van der Waals surface area contributed by atoms with E-state index in [4.69, 9.17) is 37.0 Å². The maximum Gasteiger partial charge on any atom is 0.472 e. The lowest BCUT2D eigenvalue weighted by molar-refractivity contribution is -0.161. The van der Waals surface area contributed by atoms with Gasteiger partial charge in [-0.05, 0) is 148 Å². The molecule has 0 aromatic heterocycles. The fraction of sp³-hybridized carbons (Fsp3) is 0.759. The molecule has 0 radical (unpaired) electrons. The third kappa shape index (κ3) is 74.3. The zero-order chi connectivity index (χ0) is 74.6. The first-order chi connectivity index (χ1) is 49.7. The second kappa shape index (κ2) is 75.2. The summed E-state index contributed by atoms with van der Waals surface area (Å²) >= 11 is 0. The van der Waals surface area contributed by atoms with Gasteiger partial charge in [-0.15, -0.1) is 0 Å². The van der Waals surface area contributed by atoms with Crippen molar-refractivity contribution in [3.8, 4) is 0 Å². The third-order valence-corrected chi connectivity index (χ3v) is 18.9. The van der Waals surface area contributed by atoms with Gasteiger partial charge in [-0.25, -0.2) is 9.13 Å². The number of hydrogen-bond acceptors (Lipinski definition) is 15. The van der Waals surface area contributed by atoms with E-state index in [1.54, 1.807) is 0 Å². The van der Waals surface area contributed by atoms with Crippen molar-refractivity contribution in [2.24, 2.45) is 0 Å². The number of carbonyl (C=O) groups is 4. The lowest BCUT2D eigenvalue weighted by Gasteiger charge is -2.21. The van der Waals surface area contributed by atoms with E-state index < -0.39 is 97.5 Å². The highest BCUT2D eigenvalue weighted by molar-refractivity contribution is 7.47. The van der Waals surface area contributed by atoms with Crippen LogP contribution in [0.2, 0.25) is 0 Å². The van der Waals surface area contributed by atoms with Gasteiger partial charge < -0.3 is 33.8 Å². The summed E-state index contributed by atoms with van der Waals surface area (Å²) in [7, 11) is -9.96. The topological polar surface area (TPSA) is 237 Å². The molecule has 0 aliphatic heterocycles. The van der Waals surface area contributed by atoms with Gasteiger partial charge in [0.05, 0.1) is 26.4 Å². The SMILES string of the molecule is CC/C=C\C/C=C\C/C=C\C/C=C\CCCCCCCCC(=O)OCC(COP(=O)(O)OCC(O)COP(=O)(O)OCC(COC(=O)CCCCCCC/C=C\C/C=C\CCCCC)OC(=O)CCCCCCC/C=C\CCCCCCCC)OC(=O)CCCCCCC/C=C\CCCCCC. The van der Waals surface area contributed by atoms with Crippen molar-refractivity contribution in [1.29, 1.82) is 0 Å². The van der Waals surface area contributed by atoms with Gasteiger partial charge in [0.15, 0.2) is 12.2 Å². The summed E-state index contributed by atoms with van der Waals surface area (Å²) in [5, 5.41) is 10.6. The normalized spacial score (nSPS) is 14.4. The molecule has 590 valence electrons. The molecule has 5 atom stereocenters. The zero-order valence-corrected chi connectivity index (χ0v) is 66.3. The summed E-state index contributed by atoms with van der Waals surface area (Å²) in [6.07, 6.45) is 79.5. The molecule has 0 saturated heterocycles. The van der Waals surface area contributed by atoms with E-state index in [1.807, 2.05) is 0 Å². The standard InChI is InChI=1S/C83H146O17P2/c1-5-9-13-17-21-25-29-33-36-37-38-39-42-45-48-52-56-60-64-68-81(86)94-73-78(99-82(87)69-65-61-57-53-49-43-32-28-24-20-16-12-8-4)75-97-101(89,90)95-71-77(84)72-96-102(91,92)98-76-79(100-83(88)70-66-62-58-54-50-46-41-35-31-27-23-19-15-11-7-3)74-93-80(85)67-63-59-55-51-47-44-40-34-30-26-22-18-14-10-6-2/h9,13,21-22,25-26,28,32-36,38-41,77-79,84H,5-8,10-12,14-20,23-24,27,29-31,37,42-76H2,1-4H3,(H,89,90)(H,91,92)/b13-9-,25-21-,26-22-,32-28-,36-33-,39-38-,40-34-,41-35-. The summed E-state index contributed by atoms with van der Waals surface area (Å²) in [6, 6.07) is 0. The monoisotopic (exact) mass is 1480 g/mol. The zero-order valence-electron chi connectivity index (χ0n) is 64.5. The molecule has 0 rings (SSSR count). The van der Waals surface area contributed by atoms with Gasteiger partial charge in [-0.3, -0.25) is 37.3 Å². The van der Waals surface area contributed by atoms with E-state index in [0.717, 1.165) is 186 Å². The first-order valence-electron chi connectivity index (χ1n) is 40.5. The molecule has 0 saturated carbocycles. The van der Waals surface area contributed by atoms with Crippen LogP contribution in [-0.4, -0.2) is 96.7 Å². The van der Waals surface area contributed by atoms with E-state index in [-0.39, 0.29) is 25.7 Å². The molecule has 0 heterocycles. The van der Waals surface area contributed by atoms with Crippen LogP contribution in [0.3, 0.4) is 0 Å². The van der Waals surface area contributed by atoms with Crippen LogP contribution in [0.1, 0.15) is 349 Å². The van der Waals surface area contributed by atoms with Gasteiger partial charge in [0.2, 0.25) is 0 Å². The number of esters is 4. The minimum Gasteiger partial charge on any atom is -0.462 e. The minimum atomic E-state index is -4.98. The Hall–Kier alpha value is -4.02. The molecule has 5 unspecified atom stereocenters. The van der Waals surface area contributed by atoms with Crippen LogP contribution >= 0.6 is 15.6 Å². The molecular formula is C83H146O17P2.